The van der Waals surface area contributed by atoms with Crippen molar-refractivity contribution in [3.05, 3.63) is 23.8 Å². The van der Waals surface area contributed by atoms with E-state index in [4.69, 9.17) is 9.47 Å². The van der Waals surface area contributed by atoms with Gasteiger partial charge >= 0.3 is 0 Å². The summed E-state index contributed by atoms with van der Waals surface area (Å²) in [5.41, 5.74) is 0.958. The van der Waals surface area contributed by atoms with E-state index in [1.165, 1.54) is 12.8 Å². The molecule has 1 saturated heterocycles. The molecule has 1 aliphatic rings. The monoisotopic (exact) mass is 376 g/mol. The van der Waals surface area contributed by atoms with Gasteiger partial charge in [-0.15, -0.1) is 0 Å². The molecule has 1 amide bonds. The van der Waals surface area contributed by atoms with Crippen molar-refractivity contribution in [2.45, 2.75) is 52.5 Å². The van der Waals surface area contributed by atoms with E-state index in [9.17, 15) is 4.79 Å². The molecule has 0 aliphatic carbocycles. The molecule has 0 radical (unpaired) electrons. The zero-order valence-electron chi connectivity index (χ0n) is 17.7. The smallest absolute Gasteiger partial charge is 0.227 e. The third-order valence-corrected chi connectivity index (χ3v) is 5.73. The first-order valence-electron chi connectivity index (χ1n) is 10.1. The summed E-state index contributed by atoms with van der Waals surface area (Å²) in [5.74, 6) is 2.21. The molecule has 0 spiro atoms. The molecule has 27 heavy (non-hydrogen) atoms. The number of benzene rings is 1. The fourth-order valence-corrected chi connectivity index (χ4v) is 3.84. The molecule has 0 bridgehead atoms. The Balaban J connectivity index is 2.02. The average Bonchev–Trinajstić information content (AvgIpc) is 2.66. The summed E-state index contributed by atoms with van der Waals surface area (Å²) in [6.07, 6.45) is 2.50. The maximum absolute atomic E-state index is 13.0. The Labute approximate surface area is 164 Å². The van der Waals surface area contributed by atoms with Crippen LogP contribution < -0.4 is 14.8 Å². The van der Waals surface area contributed by atoms with Gasteiger partial charge in [0.1, 0.15) is 0 Å². The van der Waals surface area contributed by atoms with E-state index in [0.717, 1.165) is 24.6 Å². The van der Waals surface area contributed by atoms with Crippen molar-refractivity contribution >= 4 is 5.91 Å². The van der Waals surface area contributed by atoms with Gasteiger partial charge in [-0.25, -0.2) is 0 Å². The molecule has 2 atom stereocenters. The lowest BCUT2D eigenvalue weighted by molar-refractivity contribution is -0.123. The number of carbonyl (C=O) groups excluding carboxylic acids is 1. The SMILES string of the molecule is COc1ccc(C(C(=O)NCC(C)N2CCC(C)CC2)C(C)C)cc1OC. The Morgan fingerprint density at radius 1 is 1.15 bits per heavy atom. The number of amides is 1. The molecular formula is C22H36N2O3. The molecule has 1 fully saturated rings. The average molecular weight is 377 g/mol. The first kappa shape index (κ1) is 21.5. The van der Waals surface area contributed by atoms with Crippen LogP contribution in [0, 0.1) is 11.8 Å². The van der Waals surface area contributed by atoms with Crippen LogP contribution in [0.15, 0.2) is 18.2 Å². The summed E-state index contributed by atoms with van der Waals surface area (Å²) in [4.78, 5) is 15.5. The molecule has 5 heteroatoms. The Morgan fingerprint density at radius 2 is 1.78 bits per heavy atom. The van der Waals surface area contributed by atoms with E-state index in [-0.39, 0.29) is 17.7 Å². The molecule has 0 aromatic heterocycles. The lowest BCUT2D eigenvalue weighted by atomic mass is 9.87. The molecule has 1 N–H and O–H groups in total. The predicted molar refractivity (Wildman–Crippen MR) is 110 cm³/mol. The van der Waals surface area contributed by atoms with Crippen LogP contribution >= 0.6 is 0 Å². The van der Waals surface area contributed by atoms with Crippen LogP contribution in [0.2, 0.25) is 0 Å². The zero-order valence-corrected chi connectivity index (χ0v) is 17.7. The number of piperidine rings is 1. The molecule has 152 valence electrons. The molecule has 1 heterocycles. The van der Waals surface area contributed by atoms with Gasteiger partial charge in [-0.2, -0.15) is 0 Å². The summed E-state index contributed by atoms with van der Waals surface area (Å²) in [5, 5.41) is 3.18. The van der Waals surface area contributed by atoms with Crippen molar-refractivity contribution < 1.29 is 14.3 Å². The fraction of sp³-hybridized carbons (Fsp3) is 0.682. The van der Waals surface area contributed by atoms with Crippen molar-refractivity contribution in [3.8, 4) is 11.5 Å². The maximum atomic E-state index is 13.0. The summed E-state index contributed by atoms with van der Waals surface area (Å²) < 4.78 is 10.7. The second kappa shape index (κ2) is 9.98. The van der Waals surface area contributed by atoms with Crippen LogP contribution in [0.3, 0.4) is 0 Å². The van der Waals surface area contributed by atoms with E-state index in [0.29, 0.717) is 24.1 Å². The second-order valence-electron chi connectivity index (χ2n) is 8.15. The first-order valence-corrected chi connectivity index (χ1v) is 10.1. The van der Waals surface area contributed by atoms with Crippen molar-refractivity contribution in [2.24, 2.45) is 11.8 Å². The Hall–Kier alpha value is -1.75. The van der Waals surface area contributed by atoms with Crippen LogP contribution in [0.5, 0.6) is 11.5 Å². The number of rotatable bonds is 8. The van der Waals surface area contributed by atoms with Gasteiger partial charge < -0.3 is 14.8 Å². The number of carbonyl (C=O) groups is 1. The first-order chi connectivity index (χ1) is 12.9. The van der Waals surface area contributed by atoms with Gasteiger partial charge in [0.15, 0.2) is 11.5 Å². The van der Waals surface area contributed by atoms with Gasteiger partial charge in [-0.3, -0.25) is 9.69 Å². The zero-order chi connectivity index (χ0) is 20.0. The third-order valence-electron chi connectivity index (χ3n) is 5.73. The number of likely N-dealkylation sites (tertiary alicyclic amines) is 1. The van der Waals surface area contributed by atoms with Gasteiger partial charge in [-0.1, -0.05) is 26.8 Å². The highest BCUT2D eigenvalue weighted by molar-refractivity contribution is 5.84. The third kappa shape index (κ3) is 5.61. The van der Waals surface area contributed by atoms with E-state index in [1.54, 1.807) is 14.2 Å². The number of hydrogen-bond acceptors (Lipinski definition) is 4. The largest absolute Gasteiger partial charge is 0.493 e. The molecule has 1 aromatic rings. The standard InChI is InChI=1S/C22H36N2O3/c1-15(2)21(18-7-8-19(26-5)20(13-18)27-6)22(25)23-14-17(4)24-11-9-16(3)10-12-24/h7-8,13,15-17,21H,9-12,14H2,1-6H3,(H,23,25). The normalized spacial score (nSPS) is 18.2. The Kier molecular flexibility index (Phi) is 7.96. The minimum Gasteiger partial charge on any atom is -0.493 e. The quantitative estimate of drug-likeness (QED) is 0.752. The molecule has 5 nitrogen and oxygen atoms in total. The van der Waals surface area contributed by atoms with Gasteiger partial charge in [-0.05, 0) is 62.4 Å². The van der Waals surface area contributed by atoms with Gasteiger partial charge in [0.05, 0.1) is 20.1 Å². The van der Waals surface area contributed by atoms with Crippen molar-refractivity contribution in [3.63, 3.8) is 0 Å². The van der Waals surface area contributed by atoms with E-state index >= 15 is 0 Å². The predicted octanol–water partition coefficient (Wildman–Crippen LogP) is 3.68. The van der Waals surface area contributed by atoms with Crippen LogP contribution in [0.4, 0.5) is 0 Å². The Morgan fingerprint density at radius 3 is 2.33 bits per heavy atom. The van der Waals surface area contributed by atoms with E-state index in [2.05, 4.69) is 37.9 Å². The lowest BCUT2D eigenvalue weighted by Crippen LogP contribution is -2.46. The summed E-state index contributed by atoms with van der Waals surface area (Å²) in [6.45, 7) is 11.6. The molecule has 0 saturated carbocycles. The molecular weight excluding hydrogens is 340 g/mol. The fourth-order valence-electron chi connectivity index (χ4n) is 3.84. The van der Waals surface area contributed by atoms with Crippen LogP contribution in [0.25, 0.3) is 0 Å². The molecule has 1 aromatic carbocycles. The Bertz CT molecular complexity index is 610. The summed E-state index contributed by atoms with van der Waals surface area (Å²) in [7, 11) is 3.24. The summed E-state index contributed by atoms with van der Waals surface area (Å²) >= 11 is 0. The van der Waals surface area contributed by atoms with Crippen molar-refractivity contribution in [2.75, 3.05) is 33.9 Å². The van der Waals surface area contributed by atoms with Crippen LogP contribution in [0.1, 0.15) is 52.0 Å². The number of nitrogens with one attached hydrogen (secondary N) is 1. The highest BCUT2D eigenvalue weighted by atomic mass is 16.5. The molecule has 2 unspecified atom stereocenters. The van der Waals surface area contributed by atoms with Crippen LogP contribution in [-0.4, -0.2) is 50.7 Å². The number of methoxy groups -OCH3 is 2. The second-order valence-corrected chi connectivity index (χ2v) is 8.15. The van der Waals surface area contributed by atoms with Crippen molar-refractivity contribution in [1.29, 1.82) is 0 Å². The van der Waals surface area contributed by atoms with Gasteiger partial charge in [0, 0.05) is 12.6 Å². The number of nitrogens with zero attached hydrogens (tertiary/aromatic N) is 1. The highest BCUT2D eigenvalue weighted by Crippen LogP contribution is 2.33. The van der Waals surface area contributed by atoms with Gasteiger partial charge in [0.25, 0.3) is 0 Å². The number of ether oxygens (including phenoxy) is 2. The minimum absolute atomic E-state index is 0.0782. The highest BCUT2D eigenvalue weighted by Gasteiger charge is 2.27. The molecule has 1 aliphatic heterocycles. The van der Waals surface area contributed by atoms with Crippen molar-refractivity contribution in [1.82, 2.24) is 10.2 Å². The lowest BCUT2D eigenvalue weighted by Gasteiger charge is -2.35. The van der Waals surface area contributed by atoms with Crippen LogP contribution in [-0.2, 0) is 4.79 Å². The van der Waals surface area contributed by atoms with E-state index < -0.39 is 0 Å². The molecule has 2 rings (SSSR count). The van der Waals surface area contributed by atoms with E-state index in [1.807, 2.05) is 18.2 Å². The minimum atomic E-state index is -0.210. The van der Waals surface area contributed by atoms with Gasteiger partial charge in [0.2, 0.25) is 5.91 Å². The summed E-state index contributed by atoms with van der Waals surface area (Å²) in [6, 6.07) is 6.10. The topological polar surface area (TPSA) is 50.8 Å². The number of hydrogen-bond donors (Lipinski definition) is 1. The maximum Gasteiger partial charge on any atom is 0.227 e.